The summed E-state index contributed by atoms with van der Waals surface area (Å²) >= 11 is 5.92. The van der Waals surface area contributed by atoms with E-state index in [0.29, 0.717) is 19.3 Å². The van der Waals surface area contributed by atoms with Gasteiger partial charge in [0.25, 0.3) is 0 Å². The molecule has 2 aromatic carbocycles. The SMILES string of the molecule is CCOc1cc(CNC[C@H]2CCCO2)ccc1OCc1ccc(Cl)cc1. The van der Waals surface area contributed by atoms with Gasteiger partial charge >= 0.3 is 0 Å². The summed E-state index contributed by atoms with van der Waals surface area (Å²) in [6, 6.07) is 13.8. The van der Waals surface area contributed by atoms with Crippen LogP contribution in [-0.2, 0) is 17.9 Å². The molecule has 0 bridgehead atoms. The highest BCUT2D eigenvalue weighted by Gasteiger charge is 2.14. The summed E-state index contributed by atoms with van der Waals surface area (Å²) in [5.41, 5.74) is 2.24. The zero-order valence-corrected chi connectivity index (χ0v) is 15.9. The molecular weight excluding hydrogens is 350 g/mol. The van der Waals surface area contributed by atoms with Crippen LogP contribution in [0.4, 0.5) is 0 Å². The second-order valence-electron chi connectivity index (χ2n) is 6.40. The molecule has 0 unspecified atom stereocenters. The quantitative estimate of drug-likeness (QED) is 0.696. The van der Waals surface area contributed by atoms with Crippen molar-refractivity contribution in [3.8, 4) is 11.5 Å². The van der Waals surface area contributed by atoms with Gasteiger partial charge in [-0.1, -0.05) is 29.8 Å². The van der Waals surface area contributed by atoms with E-state index in [1.807, 2.05) is 43.3 Å². The lowest BCUT2D eigenvalue weighted by atomic mass is 10.2. The Labute approximate surface area is 160 Å². The third-order valence-electron chi connectivity index (χ3n) is 4.34. The molecule has 1 saturated heterocycles. The fourth-order valence-corrected chi connectivity index (χ4v) is 3.10. The van der Waals surface area contributed by atoms with E-state index in [4.69, 9.17) is 25.8 Å². The van der Waals surface area contributed by atoms with E-state index in [9.17, 15) is 0 Å². The molecule has 0 amide bonds. The first kappa shape index (κ1) is 19.0. The molecule has 3 rings (SSSR count). The molecule has 5 heteroatoms. The van der Waals surface area contributed by atoms with Crippen LogP contribution in [0.15, 0.2) is 42.5 Å². The first-order chi connectivity index (χ1) is 12.7. The molecule has 1 aliphatic rings. The Morgan fingerprint density at radius 1 is 1.08 bits per heavy atom. The van der Waals surface area contributed by atoms with Gasteiger partial charge in [0.15, 0.2) is 11.5 Å². The minimum Gasteiger partial charge on any atom is -0.490 e. The molecule has 1 N–H and O–H groups in total. The number of ether oxygens (including phenoxy) is 3. The number of hydrogen-bond donors (Lipinski definition) is 1. The Balaban J connectivity index is 1.57. The van der Waals surface area contributed by atoms with Crippen molar-refractivity contribution in [1.29, 1.82) is 0 Å². The van der Waals surface area contributed by atoms with Gasteiger partial charge < -0.3 is 19.5 Å². The van der Waals surface area contributed by atoms with Crippen LogP contribution in [0.5, 0.6) is 11.5 Å². The number of benzene rings is 2. The molecule has 1 aliphatic heterocycles. The van der Waals surface area contributed by atoms with Gasteiger partial charge in [-0.05, 0) is 55.2 Å². The van der Waals surface area contributed by atoms with Gasteiger partial charge in [0.05, 0.1) is 12.7 Å². The molecule has 26 heavy (non-hydrogen) atoms. The second kappa shape index (κ2) is 9.81. The summed E-state index contributed by atoms with van der Waals surface area (Å²) in [6.07, 6.45) is 2.66. The van der Waals surface area contributed by atoms with Crippen LogP contribution in [0.2, 0.25) is 5.02 Å². The third-order valence-corrected chi connectivity index (χ3v) is 4.59. The topological polar surface area (TPSA) is 39.7 Å². The van der Waals surface area contributed by atoms with Crippen molar-refractivity contribution < 1.29 is 14.2 Å². The van der Waals surface area contributed by atoms with E-state index in [0.717, 1.165) is 48.2 Å². The van der Waals surface area contributed by atoms with E-state index in [-0.39, 0.29) is 0 Å². The highest BCUT2D eigenvalue weighted by atomic mass is 35.5. The molecule has 0 aromatic heterocycles. The molecule has 0 aliphatic carbocycles. The normalized spacial score (nSPS) is 16.6. The number of nitrogens with one attached hydrogen (secondary N) is 1. The van der Waals surface area contributed by atoms with Gasteiger partial charge in [-0.15, -0.1) is 0 Å². The van der Waals surface area contributed by atoms with Crippen molar-refractivity contribution in [2.75, 3.05) is 19.8 Å². The molecule has 1 fully saturated rings. The smallest absolute Gasteiger partial charge is 0.161 e. The standard InChI is InChI=1S/C21H26ClNO3/c1-2-24-21-12-17(13-23-14-19-4-3-11-25-19)7-10-20(21)26-15-16-5-8-18(22)9-6-16/h5-10,12,19,23H,2-4,11,13-15H2,1H3/t19-/m1/s1. The van der Waals surface area contributed by atoms with Gasteiger partial charge in [-0.2, -0.15) is 0 Å². The Morgan fingerprint density at radius 3 is 2.62 bits per heavy atom. The van der Waals surface area contributed by atoms with Gasteiger partial charge in [-0.3, -0.25) is 0 Å². The van der Waals surface area contributed by atoms with Crippen LogP contribution < -0.4 is 14.8 Å². The van der Waals surface area contributed by atoms with Gasteiger partial charge in [0, 0.05) is 24.7 Å². The average molecular weight is 376 g/mol. The lowest BCUT2D eigenvalue weighted by Crippen LogP contribution is -2.25. The summed E-state index contributed by atoms with van der Waals surface area (Å²) in [4.78, 5) is 0. The Kier molecular flexibility index (Phi) is 7.18. The Hall–Kier alpha value is -1.75. The van der Waals surface area contributed by atoms with Crippen molar-refractivity contribution in [3.05, 3.63) is 58.6 Å². The van der Waals surface area contributed by atoms with Crippen molar-refractivity contribution in [2.24, 2.45) is 0 Å². The predicted molar refractivity (Wildman–Crippen MR) is 104 cm³/mol. The van der Waals surface area contributed by atoms with Crippen molar-refractivity contribution >= 4 is 11.6 Å². The molecule has 0 saturated carbocycles. The molecule has 4 nitrogen and oxygen atoms in total. The van der Waals surface area contributed by atoms with E-state index >= 15 is 0 Å². The summed E-state index contributed by atoms with van der Waals surface area (Å²) in [5.74, 6) is 1.53. The van der Waals surface area contributed by atoms with Crippen LogP contribution in [0.25, 0.3) is 0 Å². The minimum absolute atomic E-state index is 0.350. The van der Waals surface area contributed by atoms with Crippen LogP contribution in [0.1, 0.15) is 30.9 Å². The molecule has 0 radical (unpaired) electrons. The van der Waals surface area contributed by atoms with Crippen LogP contribution in [0, 0.1) is 0 Å². The zero-order chi connectivity index (χ0) is 18.2. The fourth-order valence-electron chi connectivity index (χ4n) is 2.97. The van der Waals surface area contributed by atoms with Gasteiger partial charge in [-0.25, -0.2) is 0 Å². The first-order valence-corrected chi connectivity index (χ1v) is 9.57. The highest BCUT2D eigenvalue weighted by molar-refractivity contribution is 6.30. The Bertz CT molecular complexity index is 684. The maximum atomic E-state index is 5.95. The summed E-state index contributed by atoms with van der Waals surface area (Å²) in [5, 5.41) is 4.19. The van der Waals surface area contributed by atoms with Crippen LogP contribution in [-0.4, -0.2) is 25.9 Å². The monoisotopic (exact) mass is 375 g/mol. The van der Waals surface area contributed by atoms with Crippen LogP contribution >= 0.6 is 11.6 Å². The fraction of sp³-hybridized carbons (Fsp3) is 0.429. The van der Waals surface area contributed by atoms with Gasteiger partial charge in [0.2, 0.25) is 0 Å². The summed E-state index contributed by atoms with van der Waals surface area (Å²) in [6.45, 7) is 5.62. The molecule has 140 valence electrons. The lowest BCUT2D eigenvalue weighted by molar-refractivity contribution is 0.110. The zero-order valence-electron chi connectivity index (χ0n) is 15.2. The van der Waals surface area contributed by atoms with E-state index in [2.05, 4.69) is 11.4 Å². The maximum Gasteiger partial charge on any atom is 0.161 e. The molecular formula is C21H26ClNO3. The lowest BCUT2D eigenvalue weighted by Gasteiger charge is -2.15. The van der Waals surface area contributed by atoms with E-state index < -0.39 is 0 Å². The maximum absolute atomic E-state index is 5.95. The van der Waals surface area contributed by atoms with Gasteiger partial charge in [0.1, 0.15) is 6.61 Å². The molecule has 0 spiro atoms. The van der Waals surface area contributed by atoms with E-state index in [1.54, 1.807) is 0 Å². The third kappa shape index (κ3) is 5.63. The predicted octanol–water partition coefficient (Wildman–Crippen LogP) is 4.59. The molecule has 1 heterocycles. The minimum atomic E-state index is 0.350. The average Bonchev–Trinajstić information content (AvgIpc) is 3.16. The molecule has 2 aromatic rings. The molecule has 1 atom stereocenters. The second-order valence-corrected chi connectivity index (χ2v) is 6.83. The van der Waals surface area contributed by atoms with Crippen LogP contribution in [0.3, 0.4) is 0 Å². The largest absolute Gasteiger partial charge is 0.490 e. The number of halogens is 1. The summed E-state index contributed by atoms with van der Waals surface area (Å²) < 4.78 is 17.4. The van der Waals surface area contributed by atoms with E-state index in [1.165, 1.54) is 12.0 Å². The Morgan fingerprint density at radius 2 is 1.88 bits per heavy atom. The number of hydrogen-bond acceptors (Lipinski definition) is 4. The summed E-state index contributed by atoms with van der Waals surface area (Å²) in [7, 11) is 0. The first-order valence-electron chi connectivity index (χ1n) is 9.20. The van der Waals surface area contributed by atoms with Crippen molar-refractivity contribution in [1.82, 2.24) is 5.32 Å². The van der Waals surface area contributed by atoms with Crippen molar-refractivity contribution in [3.63, 3.8) is 0 Å². The highest BCUT2D eigenvalue weighted by Crippen LogP contribution is 2.29. The van der Waals surface area contributed by atoms with Crippen molar-refractivity contribution in [2.45, 2.75) is 39.0 Å². The number of rotatable bonds is 9.